The molecule has 0 saturated carbocycles. The van der Waals surface area contributed by atoms with Crippen LogP contribution in [0.25, 0.3) is 0 Å². The molecule has 1 heterocycles. The van der Waals surface area contributed by atoms with Crippen LogP contribution in [0.5, 0.6) is 17.4 Å². The number of amides is 2. The molecule has 34 heavy (non-hydrogen) atoms. The van der Waals surface area contributed by atoms with Gasteiger partial charge in [-0.1, -0.05) is 51.8 Å². The van der Waals surface area contributed by atoms with E-state index in [9.17, 15) is 18.0 Å². The maximum Gasteiger partial charge on any atom is 0.573 e. The molecule has 180 valence electrons. The van der Waals surface area contributed by atoms with E-state index in [1.165, 1.54) is 18.3 Å². The van der Waals surface area contributed by atoms with Gasteiger partial charge in [0.05, 0.1) is 0 Å². The van der Waals surface area contributed by atoms with E-state index >= 15 is 0 Å². The van der Waals surface area contributed by atoms with Crippen molar-refractivity contribution >= 4 is 30.2 Å². The summed E-state index contributed by atoms with van der Waals surface area (Å²) in [5, 5.41) is 2.62. The Bertz CT molecular complexity index is 1180. The van der Waals surface area contributed by atoms with Crippen LogP contribution >= 0.6 is 12.8 Å². The van der Waals surface area contributed by atoms with Crippen LogP contribution in [0.4, 0.5) is 29.3 Å². The minimum Gasteiger partial charge on any atom is -0.437 e. The summed E-state index contributed by atoms with van der Waals surface area (Å²) in [6.45, 7) is 7.71. The minimum absolute atomic E-state index is 0.162. The first-order valence-corrected chi connectivity index (χ1v) is 10.6. The summed E-state index contributed by atoms with van der Waals surface area (Å²) in [6.07, 6.45) is -3.27. The van der Waals surface area contributed by atoms with Crippen LogP contribution in [0.1, 0.15) is 31.9 Å². The molecular weight excluding hydrogens is 467 g/mol. The first-order chi connectivity index (χ1) is 15.8. The molecule has 1 aromatic heterocycles. The van der Waals surface area contributed by atoms with Gasteiger partial charge < -0.3 is 14.8 Å². The van der Waals surface area contributed by atoms with E-state index in [1.807, 2.05) is 24.3 Å². The van der Waals surface area contributed by atoms with E-state index in [0.29, 0.717) is 17.0 Å². The highest BCUT2D eigenvalue weighted by Crippen LogP contribution is 2.37. The summed E-state index contributed by atoms with van der Waals surface area (Å²) in [7, 11) is 0. The Balaban J connectivity index is 1.82. The first-order valence-electron chi connectivity index (χ1n) is 10.2. The number of carbonyl (C=O) groups is 1. The molecule has 0 unspecified atom stereocenters. The highest BCUT2D eigenvalue weighted by molar-refractivity contribution is 7.82. The number of pyridine rings is 1. The summed E-state index contributed by atoms with van der Waals surface area (Å²) in [6, 6.07) is 13.7. The van der Waals surface area contributed by atoms with Crippen molar-refractivity contribution in [1.82, 2.24) is 4.98 Å². The van der Waals surface area contributed by atoms with E-state index in [0.717, 1.165) is 15.9 Å². The SMILES string of the molecule is Cc1cc(OC(F)(F)F)ccc1NC(=O)N(S)c1cccnc1Oc1ccccc1C(C)(C)C. The first kappa shape index (κ1) is 25.2. The number of urea groups is 1. The number of benzene rings is 2. The number of rotatable bonds is 5. The molecule has 10 heteroatoms. The van der Waals surface area contributed by atoms with Crippen molar-refractivity contribution in [2.75, 3.05) is 9.62 Å². The second-order valence-corrected chi connectivity index (χ2v) is 8.84. The fourth-order valence-electron chi connectivity index (χ4n) is 3.15. The zero-order valence-corrected chi connectivity index (χ0v) is 19.9. The topological polar surface area (TPSA) is 63.7 Å². The largest absolute Gasteiger partial charge is 0.573 e. The van der Waals surface area contributed by atoms with Crippen LogP contribution in [0.15, 0.2) is 60.8 Å². The number of ether oxygens (including phenoxy) is 2. The summed E-state index contributed by atoms with van der Waals surface area (Å²) < 4.78 is 48.3. The fraction of sp³-hybridized carbons (Fsp3) is 0.250. The van der Waals surface area contributed by atoms with E-state index < -0.39 is 12.4 Å². The van der Waals surface area contributed by atoms with Gasteiger partial charge >= 0.3 is 12.4 Å². The molecule has 0 saturated heterocycles. The third kappa shape index (κ3) is 6.34. The van der Waals surface area contributed by atoms with Gasteiger partial charge in [0, 0.05) is 17.4 Å². The molecule has 0 aliphatic heterocycles. The third-order valence-corrected chi connectivity index (χ3v) is 5.14. The van der Waals surface area contributed by atoms with Gasteiger partial charge in [-0.05, 0) is 54.3 Å². The lowest BCUT2D eigenvalue weighted by Crippen LogP contribution is -2.27. The normalized spacial score (nSPS) is 11.6. The molecule has 3 aromatic rings. The molecule has 3 rings (SSSR count). The monoisotopic (exact) mass is 491 g/mol. The highest BCUT2D eigenvalue weighted by Gasteiger charge is 2.31. The van der Waals surface area contributed by atoms with Crippen LogP contribution in [-0.2, 0) is 5.41 Å². The predicted octanol–water partition coefficient (Wildman–Crippen LogP) is 7.26. The number of aryl methyl sites for hydroxylation is 1. The molecule has 1 N–H and O–H groups in total. The number of hydrogen-bond donors (Lipinski definition) is 2. The molecule has 2 amide bonds. The minimum atomic E-state index is -4.80. The number of aromatic nitrogens is 1. The van der Waals surface area contributed by atoms with Gasteiger partial charge in [-0.3, -0.25) is 0 Å². The average molecular weight is 492 g/mol. The number of hydrogen-bond acceptors (Lipinski definition) is 5. The lowest BCUT2D eigenvalue weighted by molar-refractivity contribution is -0.274. The predicted molar refractivity (Wildman–Crippen MR) is 128 cm³/mol. The summed E-state index contributed by atoms with van der Waals surface area (Å²) in [4.78, 5) is 17.1. The number of halogens is 3. The van der Waals surface area contributed by atoms with Crippen molar-refractivity contribution < 1.29 is 27.4 Å². The van der Waals surface area contributed by atoms with Crippen molar-refractivity contribution in [2.24, 2.45) is 0 Å². The molecule has 0 atom stereocenters. The zero-order chi connectivity index (χ0) is 25.1. The van der Waals surface area contributed by atoms with Crippen LogP contribution in [0.3, 0.4) is 0 Å². The number of alkyl halides is 3. The van der Waals surface area contributed by atoms with Crippen molar-refractivity contribution in [1.29, 1.82) is 0 Å². The van der Waals surface area contributed by atoms with Crippen LogP contribution < -0.4 is 19.1 Å². The maximum absolute atomic E-state index is 12.9. The Morgan fingerprint density at radius 1 is 1.06 bits per heavy atom. The van der Waals surface area contributed by atoms with E-state index in [2.05, 4.69) is 48.6 Å². The molecule has 0 fully saturated rings. The molecule has 6 nitrogen and oxygen atoms in total. The van der Waals surface area contributed by atoms with Gasteiger partial charge in [-0.25, -0.2) is 14.1 Å². The quantitative estimate of drug-likeness (QED) is 0.369. The van der Waals surface area contributed by atoms with Gasteiger partial charge in [-0.2, -0.15) is 0 Å². The number of nitrogens with zero attached hydrogens (tertiary/aromatic N) is 2. The third-order valence-electron chi connectivity index (χ3n) is 4.75. The van der Waals surface area contributed by atoms with Gasteiger partial charge in [0.1, 0.15) is 17.2 Å². The number of carbonyl (C=O) groups excluding carboxylic acids is 1. The van der Waals surface area contributed by atoms with Gasteiger partial charge in [0.25, 0.3) is 0 Å². The van der Waals surface area contributed by atoms with Crippen LogP contribution in [0.2, 0.25) is 0 Å². The number of thiol groups is 1. The molecule has 0 spiro atoms. The molecule has 0 aliphatic carbocycles. The Hall–Kier alpha value is -3.40. The maximum atomic E-state index is 12.9. The van der Waals surface area contributed by atoms with E-state index in [4.69, 9.17) is 4.74 Å². The number of para-hydroxylation sites is 1. The molecule has 2 aromatic carbocycles. The summed E-state index contributed by atoms with van der Waals surface area (Å²) >= 11 is 4.30. The van der Waals surface area contributed by atoms with Crippen molar-refractivity contribution in [3.8, 4) is 17.4 Å². The molecule has 0 radical (unpaired) electrons. The average Bonchev–Trinajstić information content (AvgIpc) is 2.74. The highest BCUT2D eigenvalue weighted by atomic mass is 32.1. The van der Waals surface area contributed by atoms with Crippen molar-refractivity contribution in [3.63, 3.8) is 0 Å². The smallest absolute Gasteiger partial charge is 0.437 e. The number of nitrogens with one attached hydrogen (secondary N) is 1. The Labute approximate surface area is 201 Å². The zero-order valence-electron chi connectivity index (χ0n) is 19.0. The van der Waals surface area contributed by atoms with E-state index in [-0.39, 0.29) is 22.7 Å². The standard InChI is InChI=1S/C24H24F3N3O3S/c1-15-14-16(33-24(25,26)27)11-12-18(15)29-22(31)30(34)19-9-7-13-28-21(19)32-20-10-6-5-8-17(20)23(2,3)4/h5-14,34H,1-4H3,(H,29,31). The molecule has 0 aliphatic rings. The van der Waals surface area contributed by atoms with Crippen molar-refractivity contribution in [2.45, 2.75) is 39.5 Å². The fourth-order valence-corrected chi connectivity index (χ4v) is 3.35. The second-order valence-electron chi connectivity index (χ2n) is 8.44. The van der Waals surface area contributed by atoms with Crippen LogP contribution in [0, 0.1) is 6.92 Å². The lowest BCUT2D eigenvalue weighted by Gasteiger charge is -2.24. The van der Waals surface area contributed by atoms with Gasteiger partial charge in [-0.15, -0.1) is 13.2 Å². The van der Waals surface area contributed by atoms with E-state index in [1.54, 1.807) is 19.1 Å². The Morgan fingerprint density at radius 2 is 1.76 bits per heavy atom. The number of anilines is 2. The molecule has 0 bridgehead atoms. The Morgan fingerprint density at radius 3 is 2.41 bits per heavy atom. The summed E-state index contributed by atoms with van der Waals surface area (Å²) in [5.74, 6) is 0.370. The second kappa shape index (κ2) is 9.84. The lowest BCUT2D eigenvalue weighted by atomic mass is 9.86. The van der Waals surface area contributed by atoms with Gasteiger partial charge in [0.2, 0.25) is 5.88 Å². The Kier molecular flexibility index (Phi) is 7.30. The van der Waals surface area contributed by atoms with Crippen LogP contribution in [-0.4, -0.2) is 17.4 Å². The van der Waals surface area contributed by atoms with Gasteiger partial charge in [0.15, 0.2) is 0 Å². The molecular formula is C24H24F3N3O3S. The van der Waals surface area contributed by atoms with Crippen molar-refractivity contribution in [3.05, 3.63) is 71.9 Å². The summed E-state index contributed by atoms with van der Waals surface area (Å²) in [5.41, 5.74) is 1.71.